The molecule has 0 aliphatic rings. The highest BCUT2D eigenvalue weighted by Gasteiger charge is 2.27. The molecule has 2 rings (SSSR count). The van der Waals surface area contributed by atoms with Gasteiger partial charge in [-0.15, -0.1) is 0 Å². The fourth-order valence-electron chi connectivity index (χ4n) is 1.46. The topological polar surface area (TPSA) is 37.8 Å². The third-order valence-electron chi connectivity index (χ3n) is 2.11. The second-order valence-electron chi connectivity index (χ2n) is 3.76. The maximum absolute atomic E-state index is 12.3. The lowest BCUT2D eigenvalue weighted by Gasteiger charge is -2.08. The summed E-state index contributed by atoms with van der Waals surface area (Å²) < 4.78 is 40.8. The summed E-state index contributed by atoms with van der Waals surface area (Å²) in [7, 11) is 0. The van der Waals surface area contributed by atoms with Gasteiger partial charge in [0.2, 0.25) is 5.13 Å². The molecule has 18 heavy (non-hydrogen) atoms. The first kappa shape index (κ1) is 12.8. The molecule has 0 spiro atoms. The zero-order valence-corrected chi connectivity index (χ0v) is 10.3. The number of halogens is 3. The summed E-state index contributed by atoms with van der Waals surface area (Å²) >= 11 is 1.17. The molecule has 7 heteroatoms. The number of alkyl halides is 3. The first-order chi connectivity index (χ1) is 8.42. The minimum atomic E-state index is -4.20. The van der Waals surface area contributed by atoms with Gasteiger partial charge in [0.05, 0.1) is 6.42 Å². The summed E-state index contributed by atoms with van der Waals surface area (Å²) in [6.45, 7) is 1.75. The van der Waals surface area contributed by atoms with Crippen LogP contribution in [0.2, 0.25) is 0 Å². The molecule has 0 fully saturated rings. The molecular formula is C11H10F3N3S. The van der Waals surface area contributed by atoms with Crippen molar-refractivity contribution in [3.8, 4) is 0 Å². The fourth-order valence-corrected chi connectivity index (χ4v) is 2.06. The van der Waals surface area contributed by atoms with Crippen LogP contribution in [-0.2, 0) is 6.42 Å². The second kappa shape index (κ2) is 4.93. The Hall–Kier alpha value is -1.63. The maximum Gasteiger partial charge on any atom is 0.393 e. The zero-order valence-electron chi connectivity index (χ0n) is 9.45. The Morgan fingerprint density at radius 1 is 1.33 bits per heavy atom. The molecule has 0 unspecified atom stereocenters. The molecule has 0 bridgehead atoms. The van der Waals surface area contributed by atoms with E-state index in [0.29, 0.717) is 16.6 Å². The van der Waals surface area contributed by atoms with E-state index in [4.69, 9.17) is 0 Å². The molecule has 1 heterocycles. The number of benzene rings is 1. The van der Waals surface area contributed by atoms with Gasteiger partial charge in [0, 0.05) is 17.2 Å². The van der Waals surface area contributed by atoms with Crippen LogP contribution in [-0.4, -0.2) is 15.5 Å². The van der Waals surface area contributed by atoms with Crippen LogP contribution in [0, 0.1) is 6.92 Å². The van der Waals surface area contributed by atoms with Crippen molar-refractivity contribution < 1.29 is 13.2 Å². The van der Waals surface area contributed by atoms with Crippen LogP contribution in [0.25, 0.3) is 0 Å². The van der Waals surface area contributed by atoms with E-state index in [2.05, 4.69) is 14.7 Å². The summed E-state index contributed by atoms with van der Waals surface area (Å²) in [6.07, 6.45) is -5.13. The summed E-state index contributed by atoms with van der Waals surface area (Å²) in [5, 5.41) is 3.49. The molecule has 1 aromatic carbocycles. The standard InChI is InChI=1S/C11H10F3N3S/c1-7-15-10(18-17-7)16-9-4-2-3-8(5-9)6-11(12,13)14/h2-5H,6H2,1H3,(H,15,16,17). The van der Waals surface area contributed by atoms with Gasteiger partial charge in [0.25, 0.3) is 0 Å². The Morgan fingerprint density at radius 2 is 2.11 bits per heavy atom. The minimum absolute atomic E-state index is 0.216. The van der Waals surface area contributed by atoms with E-state index in [1.54, 1.807) is 19.1 Å². The second-order valence-corrected chi connectivity index (χ2v) is 4.52. The Kier molecular flexibility index (Phi) is 3.51. The molecule has 96 valence electrons. The van der Waals surface area contributed by atoms with Crippen LogP contribution in [0.4, 0.5) is 24.0 Å². The lowest BCUT2D eigenvalue weighted by atomic mass is 10.1. The lowest BCUT2D eigenvalue weighted by Crippen LogP contribution is -2.11. The normalized spacial score (nSPS) is 11.6. The number of aryl methyl sites for hydroxylation is 1. The van der Waals surface area contributed by atoms with Crippen molar-refractivity contribution in [1.82, 2.24) is 9.36 Å². The first-order valence-corrected chi connectivity index (χ1v) is 5.93. The number of nitrogens with zero attached hydrogens (tertiary/aromatic N) is 2. The van der Waals surface area contributed by atoms with Crippen LogP contribution in [0.5, 0.6) is 0 Å². The average molecular weight is 273 g/mol. The van der Waals surface area contributed by atoms with Crippen LogP contribution < -0.4 is 5.32 Å². The molecule has 1 N–H and O–H groups in total. The highest BCUT2D eigenvalue weighted by molar-refractivity contribution is 7.09. The monoisotopic (exact) mass is 273 g/mol. The van der Waals surface area contributed by atoms with Crippen molar-refractivity contribution in [2.24, 2.45) is 0 Å². The van der Waals surface area contributed by atoms with Gasteiger partial charge < -0.3 is 5.32 Å². The van der Waals surface area contributed by atoms with E-state index in [1.807, 2.05) is 0 Å². The highest BCUT2D eigenvalue weighted by atomic mass is 32.1. The van der Waals surface area contributed by atoms with E-state index < -0.39 is 12.6 Å². The predicted molar refractivity (Wildman–Crippen MR) is 64.1 cm³/mol. The number of anilines is 2. The van der Waals surface area contributed by atoms with Crippen molar-refractivity contribution in [3.63, 3.8) is 0 Å². The Bertz CT molecular complexity index is 536. The number of nitrogens with one attached hydrogen (secondary N) is 1. The quantitative estimate of drug-likeness (QED) is 0.926. The van der Waals surface area contributed by atoms with Crippen LogP contribution in [0.3, 0.4) is 0 Å². The number of hydrogen-bond acceptors (Lipinski definition) is 4. The lowest BCUT2D eigenvalue weighted by molar-refractivity contribution is -0.127. The van der Waals surface area contributed by atoms with Crippen molar-refractivity contribution in [2.75, 3.05) is 5.32 Å². The molecule has 0 aliphatic heterocycles. The van der Waals surface area contributed by atoms with Gasteiger partial charge in [-0.05, 0) is 24.6 Å². The smallest absolute Gasteiger partial charge is 0.330 e. The van der Waals surface area contributed by atoms with E-state index in [-0.39, 0.29) is 5.56 Å². The average Bonchev–Trinajstić information content (AvgIpc) is 2.62. The Balaban J connectivity index is 2.12. The van der Waals surface area contributed by atoms with Gasteiger partial charge >= 0.3 is 6.18 Å². The van der Waals surface area contributed by atoms with E-state index >= 15 is 0 Å². The largest absolute Gasteiger partial charge is 0.393 e. The molecular weight excluding hydrogens is 263 g/mol. The summed E-state index contributed by atoms with van der Waals surface area (Å²) in [5.74, 6) is 0.633. The summed E-state index contributed by atoms with van der Waals surface area (Å²) in [6, 6.07) is 6.18. The summed E-state index contributed by atoms with van der Waals surface area (Å²) in [4.78, 5) is 4.08. The Morgan fingerprint density at radius 3 is 2.72 bits per heavy atom. The van der Waals surface area contributed by atoms with Gasteiger partial charge in [-0.25, -0.2) is 4.98 Å². The molecule has 3 nitrogen and oxygen atoms in total. The molecule has 0 radical (unpaired) electrons. The van der Waals surface area contributed by atoms with E-state index in [1.165, 1.54) is 23.7 Å². The van der Waals surface area contributed by atoms with Gasteiger partial charge in [-0.3, -0.25) is 0 Å². The van der Waals surface area contributed by atoms with Crippen molar-refractivity contribution in [2.45, 2.75) is 19.5 Å². The fraction of sp³-hybridized carbons (Fsp3) is 0.273. The van der Waals surface area contributed by atoms with Crippen molar-refractivity contribution >= 4 is 22.4 Å². The molecule has 0 amide bonds. The highest BCUT2D eigenvalue weighted by Crippen LogP contribution is 2.24. The Labute approximate surface area is 106 Å². The van der Waals surface area contributed by atoms with Crippen LogP contribution >= 0.6 is 11.5 Å². The number of aromatic nitrogens is 2. The van der Waals surface area contributed by atoms with Crippen LogP contribution in [0.15, 0.2) is 24.3 Å². The van der Waals surface area contributed by atoms with Crippen molar-refractivity contribution in [1.29, 1.82) is 0 Å². The van der Waals surface area contributed by atoms with Gasteiger partial charge in [0.1, 0.15) is 5.82 Å². The predicted octanol–water partition coefficient (Wildman–Crippen LogP) is 3.69. The van der Waals surface area contributed by atoms with E-state index in [0.717, 1.165) is 0 Å². The van der Waals surface area contributed by atoms with Gasteiger partial charge in [-0.2, -0.15) is 17.5 Å². The molecule has 0 atom stereocenters. The maximum atomic E-state index is 12.3. The van der Waals surface area contributed by atoms with Crippen LogP contribution in [0.1, 0.15) is 11.4 Å². The molecule has 0 saturated carbocycles. The van der Waals surface area contributed by atoms with Gasteiger partial charge in [-0.1, -0.05) is 12.1 Å². The molecule has 0 aliphatic carbocycles. The van der Waals surface area contributed by atoms with Crippen molar-refractivity contribution in [3.05, 3.63) is 35.7 Å². The third-order valence-corrected chi connectivity index (χ3v) is 2.83. The molecule has 2 aromatic rings. The first-order valence-electron chi connectivity index (χ1n) is 5.15. The summed E-state index contributed by atoms with van der Waals surface area (Å²) in [5.41, 5.74) is 0.793. The number of hydrogen-bond donors (Lipinski definition) is 1. The minimum Gasteiger partial charge on any atom is -0.330 e. The SMILES string of the molecule is Cc1nsc(Nc2cccc(CC(F)(F)F)c2)n1. The van der Waals surface area contributed by atoms with E-state index in [9.17, 15) is 13.2 Å². The molecule has 1 aromatic heterocycles. The van der Waals surface area contributed by atoms with Gasteiger partial charge in [0.15, 0.2) is 0 Å². The number of rotatable bonds is 3. The zero-order chi connectivity index (χ0) is 13.2. The molecule has 0 saturated heterocycles. The third kappa shape index (κ3) is 3.69.